The molecule has 0 bridgehead atoms. The predicted molar refractivity (Wildman–Crippen MR) is 74.0 cm³/mol. The number of aliphatic imine (C=N–C) groups is 1. The van der Waals surface area contributed by atoms with E-state index in [1.54, 1.807) is 6.08 Å². The van der Waals surface area contributed by atoms with Gasteiger partial charge in [-0.25, -0.2) is 0 Å². The van der Waals surface area contributed by atoms with Gasteiger partial charge in [0.15, 0.2) is 5.17 Å². The van der Waals surface area contributed by atoms with E-state index in [2.05, 4.69) is 16.9 Å². The minimum atomic E-state index is -1.13. The Morgan fingerprint density at radius 2 is 2.26 bits per heavy atom. The number of thioether (sulfide) groups is 1. The van der Waals surface area contributed by atoms with Crippen molar-refractivity contribution in [3.05, 3.63) is 12.7 Å². The number of aliphatic hydroxyl groups is 3. The number of nitrogens with one attached hydrogen (secondary N) is 1. The first-order chi connectivity index (χ1) is 9.08. The van der Waals surface area contributed by atoms with Crippen molar-refractivity contribution in [2.24, 2.45) is 4.99 Å². The van der Waals surface area contributed by atoms with Crippen molar-refractivity contribution in [1.29, 1.82) is 0 Å². The molecule has 2 aliphatic heterocycles. The van der Waals surface area contributed by atoms with Gasteiger partial charge in [0.25, 0.3) is 0 Å². The van der Waals surface area contributed by atoms with Crippen molar-refractivity contribution in [1.82, 2.24) is 5.32 Å². The largest absolute Gasteiger partial charge is 0.390 e. The molecule has 6 unspecified atom stereocenters. The Morgan fingerprint density at radius 1 is 1.53 bits per heavy atom. The molecule has 2 aliphatic rings. The quantitative estimate of drug-likeness (QED) is 0.519. The number of nitrogens with zero attached hydrogens (tertiary/aromatic N) is 1. The molecule has 0 amide bonds. The highest BCUT2D eigenvalue weighted by Crippen LogP contribution is 2.35. The van der Waals surface area contributed by atoms with E-state index >= 15 is 0 Å². The molecule has 108 valence electrons. The van der Waals surface area contributed by atoms with E-state index in [-0.39, 0.29) is 5.44 Å². The van der Waals surface area contributed by atoms with E-state index in [0.717, 1.165) is 0 Å². The van der Waals surface area contributed by atoms with Crippen LogP contribution in [0.15, 0.2) is 17.6 Å². The van der Waals surface area contributed by atoms with Crippen molar-refractivity contribution < 1.29 is 20.1 Å². The molecule has 2 rings (SSSR count). The Balaban J connectivity index is 2.10. The summed E-state index contributed by atoms with van der Waals surface area (Å²) >= 11 is 1.37. The van der Waals surface area contributed by atoms with Gasteiger partial charge in [-0.15, -0.1) is 6.58 Å². The third-order valence-corrected chi connectivity index (χ3v) is 4.35. The van der Waals surface area contributed by atoms with Crippen LogP contribution in [-0.4, -0.2) is 62.9 Å². The molecule has 6 nitrogen and oxygen atoms in total. The average Bonchev–Trinajstić information content (AvgIpc) is 2.77. The lowest BCUT2D eigenvalue weighted by Crippen LogP contribution is -2.61. The summed E-state index contributed by atoms with van der Waals surface area (Å²) in [6, 6.07) is -0.405. The molecule has 2 saturated heterocycles. The van der Waals surface area contributed by atoms with E-state index < -0.39 is 30.5 Å². The molecule has 0 aromatic heterocycles. The maximum Gasteiger partial charge on any atom is 0.159 e. The predicted octanol–water partition coefficient (Wildman–Crippen LogP) is -0.549. The first-order valence-electron chi connectivity index (χ1n) is 6.36. The molecule has 0 saturated carbocycles. The summed E-state index contributed by atoms with van der Waals surface area (Å²) in [4.78, 5) is 4.23. The molecule has 6 atom stereocenters. The highest BCUT2D eigenvalue weighted by atomic mass is 32.2. The zero-order chi connectivity index (χ0) is 14.0. The Bertz CT molecular complexity index is 366. The summed E-state index contributed by atoms with van der Waals surface area (Å²) in [7, 11) is 0. The van der Waals surface area contributed by atoms with Crippen LogP contribution in [0.2, 0.25) is 0 Å². The van der Waals surface area contributed by atoms with Crippen molar-refractivity contribution in [2.45, 2.75) is 49.2 Å². The number of aliphatic hydroxyl groups excluding tert-OH is 3. The molecule has 2 heterocycles. The fraction of sp³-hybridized carbons (Fsp3) is 0.750. The van der Waals surface area contributed by atoms with E-state index in [1.165, 1.54) is 11.8 Å². The molecule has 19 heavy (non-hydrogen) atoms. The molecule has 0 radical (unpaired) electrons. The van der Waals surface area contributed by atoms with E-state index in [1.807, 2.05) is 6.92 Å². The molecule has 0 aromatic carbocycles. The van der Waals surface area contributed by atoms with Crippen LogP contribution in [-0.2, 0) is 4.74 Å². The minimum absolute atomic E-state index is 0.305. The Hall–Kier alpha value is -0.600. The number of hydrogen-bond acceptors (Lipinski definition) is 6. The van der Waals surface area contributed by atoms with Crippen molar-refractivity contribution in [3.63, 3.8) is 0 Å². The van der Waals surface area contributed by atoms with Crippen LogP contribution in [0.5, 0.6) is 0 Å². The van der Waals surface area contributed by atoms with E-state index in [0.29, 0.717) is 18.1 Å². The molecular formula is C12H20N2O4S. The first kappa shape index (κ1) is 14.8. The molecule has 7 heteroatoms. The Kier molecular flexibility index (Phi) is 4.86. The smallest absolute Gasteiger partial charge is 0.159 e. The van der Waals surface area contributed by atoms with Crippen LogP contribution >= 0.6 is 11.8 Å². The minimum Gasteiger partial charge on any atom is -0.390 e. The van der Waals surface area contributed by atoms with Crippen LogP contribution in [0.4, 0.5) is 0 Å². The van der Waals surface area contributed by atoms with Gasteiger partial charge in [0.2, 0.25) is 0 Å². The lowest BCUT2D eigenvalue weighted by Gasteiger charge is -2.40. The van der Waals surface area contributed by atoms with Gasteiger partial charge in [-0.3, -0.25) is 4.99 Å². The van der Waals surface area contributed by atoms with E-state index in [9.17, 15) is 15.3 Å². The van der Waals surface area contributed by atoms with Gasteiger partial charge in [-0.2, -0.15) is 0 Å². The monoisotopic (exact) mass is 288 g/mol. The summed E-state index contributed by atoms with van der Waals surface area (Å²) in [6.45, 7) is 6.10. The summed E-state index contributed by atoms with van der Waals surface area (Å²) in [6.07, 6.45) is -1.96. The topological polar surface area (TPSA) is 94.3 Å². The highest BCUT2D eigenvalue weighted by Gasteiger charge is 2.50. The number of fused-ring (bicyclic) bond motifs is 1. The second-order valence-electron chi connectivity index (χ2n) is 4.61. The van der Waals surface area contributed by atoms with Crippen LogP contribution < -0.4 is 5.32 Å². The number of ether oxygens (including phenoxy) is 1. The van der Waals surface area contributed by atoms with Crippen LogP contribution in [0, 0.1) is 0 Å². The number of hydrogen-bond donors (Lipinski definition) is 4. The van der Waals surface area contributed by atoms with Crippen LogP contribution in [0.25, 0.3) is 0 Å². The molecule has 2 fully saturated rings. The van der Waals surface area contributed by atoms with Crippen molar-refractivity contribution >= 4 is 16.9 Å². The molecular weight excluding hydrogens is 268 g/mol. The number of rotatable bonds is 4. The molecule has 0 spiro atoms. The van der Waals surface area contributed by atoms with Crippen LogP contribution in [0.3, 0.4) is 0 Å². The Labute approximate surface area is 116 Å². The van der Waals surface area contributed by atoms with Crippen molar-refractivity contribution in [2.75, 3.05) is 6.54 Å². The second kappa shape index (κ2) is 6.23. The average molecular weight is 288 g/mol. The third-order valence-electron chi connectivity index (χ3n) is 3.25. The van der Waals surface area contributed by atoms with Crippen molar-refractivity contribution in [3.8, 4) is 0 Å². The Morgan fingerprint density at radius 3 is 2.89 bits per heavy atom. The standard InChI is InChI=1S/C12H20N2O4S/c1-3-5-6(15)10-9(17)8(16)7-11(18-10)19-12(14-7)13-4-2/h3,6-11,15-17H,1,4-5H2,2H3,(H,13,14). The van der Waals surface area contributed by atoms with Gasteiger partial charge >= 0.3 is 0 Å². The van der Waals surface area contributed by atoms with Gasteiger partial charge in [-0.1, -0.05) is 17.8 Å². The highest BCUT2D eigenvalue weighted by molar-refractivity contribution is 8.14. The third kappa shape index (κ3) is 2.95. The van der Waals surface area contributed by atoms with Gasteiger partial charge in [-0.05, 0) is 13.3 Å². The molecule has 0 aliphatic carbocycles. The van der Waals surface area contributed by atoms with Gasteiger partial charge in [0.1, 0.15) is 23.7 Å². The zero-order valence-electron chi connectivity index (χ0n) is 10.8. The van der Waals surface area contributed by atoms with E-state index in [4.69, 9.17) is 4.74 Å². The summed E-state index contributed by atoms with van der Waals surface area (Å²) in [5.74, 6) is 0. The van der Waals surface area contributed by atoms with Gasteiger partial charge in [0.05, 0.1) is 12.1 Å². The first-order valence-corrected chi connectivity index (χ1v) is 7.24. The maximum atomic E-state index is 10.1. The zero-order valence-corrected chi connectivity index (χ0v) is 11.6. The lowest BCUT2D eigenvalue weighted by atomic mass is 9.93. The molecule has 4 N–H and O–H groups in total. The fourth-order valence-corrected chi connectivity index (χ4v) is 3.47. The lowest BCUT2D eigenvalue weighted by molar-refractivity contribution is -0.186. The van der Waals surface area contributed by atoms with Gasteiger partial charge in [0, 0.05) is 6.54 Å². The second-order valence-corrected chi connectivity index (χ2v) is 5.70. The SMILES string of the molecule is C=CCC(O)C1OC2SC(=NCC)NC2C(O)C1O. The number of amidine groups is 1. The normalized spacial score (nSPS) is 41.7. The van der Waals surface area contributed by atoms with Crippen LogP contribution in [0.1, 0.15) is 13.3 Å². The maximum absolute atomic E-state index is 10.1. The summed E-state index contributed by atoms with van der Waals surface area (Å²) in [5.41, 5.74) is -0.354. The molecule has 0 aromatic rings. The fourth-order valence-electron chi connectivity index (χ4n) is 2.28. The summed E-state index contributed by atoms with van der Waals surface area (Å²) in [5, 5.41) is 33.8. The van der Waals surface area contributed by atoms with Gasteiger partial charge < -0.3 is 25.4 Å². The summed E-state index contributed by atoms with van der Waals surface area (Å²) < 4.78 is 5.70.